The molecule has 2 saturated carbocycles. The van der Waals surface area contributed by atoms with E-state index < -0.39 is 0 Å². The molecule has 0 aliphatic heterocycles. The van der Waals surface area contributed by atoms with Gasteiger partial charge in [-0.25, -0.2) is 0 Å². The third-order valence-electron chi connectivity index (χ3n) is 4.37. The van der Waals surface area contributed by atoms with Crippen molar-refractivity contribution in [3.8, 4) is 0 Å². The summed E-state index contributed by atoms with van der Waals surface area (Å²) in [5.74, 6) is 4.90. The van der Waals surface area contributed by atoms with Crippen molar-refractivity contribution >= 4 is 11.8 Å². The Morgan fingerprint density at radius 3 is 2.62 bits per heavy atom. The largest absolute Gasteiger partial charge is 0.316 e. The van der Waals surface area contributed by atoms with E-state index in [1.807, 2.05) is 0 Å². The minimum absolute atomic E-state index is 0.685. The molecule has 0 amide bonds. The molecule has 16 heavy (non-hydrogen) atoms. The average Bonchev–Trinajstić information content (AvgIpc) is 2.88. The van der Waals surface area contributed by atoms with Gasteiger partial charge in [0.25, 0.3) is 0 Å². The molecule has 2 heteroatoms. The van der Waals surface area contributed by atoms with Gasteiger partial charge in [0.15, 0.2) is 0 Å². The van der Waals surface area contributed by atoms with Gasteiger partial charge < -0.3 is 5.32 Å². The lowest BCUT2D eigenvalue weighted by Gasteiger charge is -2.31. The normalized spacial score (nSPS) is 36.4. The van der Waals surface area contributed by atoms with Crippen LogP contribution in [-0.4, -0.2) is 24.6 Å². The Morgan fingerprint density at radius 2 is 2.00 bits per heavy atom. The lowest BCUT2D eigenvalue weighted by atomic mass is 9.80. The number of nitrogens with one attached hydrogen (secondary N) is 1. The van der Waals surface area contributed by atoms with Gasteiger partial charge in [-0.15, -0.1) is 0 Å². The van der Waals surface area contributed by atoms with Gasteiger partial charge in [0.05, 0.1) is 0 Å². The van der Waals surface area contributed by atoms with E-state index in [2.05, 4.69) is 30.9 Å². The smallest absolute Gasteiger partial charge is 0.000831 e. The van der Waals surface area contributed by atoms with Crippen molar-refractivity contribution in [1.29, 1.82) is 0 Å². The second-order valence-electron chi connectivity index (χ2n) is 5.79. The average molecular weight is 241 g/mol. The third kappa shape index (κ3) is 3.16. The predicted molar refractivity (Wildman–Crippen MR) is 74.0 cm³/mol. The third-order valence-corrected chi connectivity index (χ3v) is 5.27. The van der Waals surface area contributed by atoms with E-state index in [1.54, 1.807) is 6.42 Å². The van der Waals surface area contributed by atoms with Gasteiger partial charge in [-0.2, -0.15) is 11.8 Å². The predicted octanol–water partition coefficient (Wildman–Crippen LogP) is 3.55. The summed E-state index contributed by atoms with van der Waals surface area (Å²) in [6.45, 7) is 7.04. The molecule has 1 nitrogen and oxygen atoms in total. The molecule has 0 aromatic heterocycles. The molecular formula is C14H27NS. The minimum Gasteiger partial charge on any atom is -0.316 e. The maximum Gasteiger partial charge on any atom is 0.000831 e. The first-order valence-corrected chi connectivity index (χ1v) is 8.23. The quantitative estimate of drug-likeness (QED) is 0.652. The van der Waals surface area contributed by atoms with Crippen molar-refractivity contribution in [2.45, 2.75) is 46.0 Å². The molecule has 2 fully saturated rings. The Morgan fingerprint density at radius 1 is 1.25 bits per heavy atom. The van der Waals surface area contributed by atoms with Crippen LogP contribution in [0.5, 0.6) is 0 Å². The second kappa shape index (κ2) is 5.77. The topological polar surface area (TPSA) is 12.0 Å². The molecule has 2 aliphatic rings. The lowest BCUT2D eigenvalue weighted by Crippen LogP contribution is -2.34. The fraction of sp³-hybridized carbons (Fsp3) is 1.00. The standard InChI is InChI=1S/C14H27NS/c1-3-6-15-11-14(5-7-16-4-2)9-12-8-13(12)10-14/h12-13,15H,3-11H2,1-2H3. The van der Waals surface area contributed by atoms with Gasteiger partial charge in [-0.05, 0) is 67.4 Å². The summed E-state index contributed by atoms with van der Waals surface area (Å²) in [6.07, 6.45) is 7.33. The maximum absolute atomic E-state index is 3.68. The van der Waals surface area contributed by atoms with Crippen molar-refractivity contribution < 1.29 is 0 Å². The van der Waals surface area contributed by atoms with Gasteiger partial charge in [-0.1, -0.05) is 13.8 Å². The van der Waals surface area contributed by atoms with Crippen molar-refractivity contribution in [3.63, 3.8) is 0 Å². The molecular weight excluding hydrogens is 214 g/mol. The first kappa shape index (κ1) is 12.8. The zero-order chi connectivity index (χ0) is 11.4. The van der Waals surface area contributed by atoms with E-state index >= 15 is 0 Å². The van der Waals surface area contributed by atoms with E-state index in [4.69, 9.17) is 0 Å². The summed E-state index contributed by atoms with van der Waals surface area (Å²) in [7, 11) is 0. The fourth-order valence-electron chi connectivity index (χ4n) is 3.41. The van der Waals surface area contributed by atoms with Crippen LogP contribution in [-0.2, 0) is 0 Å². The minimum atomic E-state index is 0.685. The van der Waals surface area contributed by atoms with Crippen LogP contribution in [0.3, 0.4) is 0 Å². The van der Waals surface area contributed by atoms with Crippen molar-refractivity contribution in [1.82, 2.24) is 5.32 Å². The molecule has 0 spiro atoms. The van der Waals surface area contributed by atoms with Crippen LogP contribution in [0, 0.1) is 17.3 Å². The van der Waals surface area contributed by atoms with Gasteiger partial charge in [-0.3, -0.25) is 0 Å². The highest BCUT2D eigenvalue weighted by Gasteiger charge is 2.52. The molecule has 0 heterocycles. The SMILES string of the molecule is CCCNCC1(CCSCC)CC2CC2C1. The number of rotatable bonds is 8. The van der Waals surface area contributed by atoms with Crippen LogP contribution < -0.4 is 5.32 Å². The molecule has 0 bridgehead atoms. The van der Waals surface area contributed by atoms with Gasteiger partial charge in [0, 0.05) is 6.54 Å². The zero-order valence-corrected chi connectivity index (χ0v) is 11.7. The number of hydrogen-bond acceptors (Lipinski definition) is 2. The molecule has 0 aromatic rings. The van der Waals surface area contributed by atoms with Crippen LogP contribution in [0.4, 0.5) is 0 Å². The summed E-state index contributed by atoms with van der Waals surface area (Å²) >= 11 is 2.12. The number of hydrogen-bond donors (Lipinski definition) is 1. The molecule has 2 rings (SSSR count). The second-order valence-corrected chi connectivity index (χ2v) is 7.18. The molecule has 94 valence electrons. The molecule has 0 aromatic carbocycles. The van der Waals surface area contributed by atoms with E-state index in [9.17, 15) is 0 Å². The first-order valence-electron chi connectivity index (χ1n) is 7.08. The van der Waals surface area contributed by atoms with Crippen molar-refractivity contribution in [2.75, 3.05) is 24.6 Å². The summed E-state index contributed by atoms with van der Waals surface area (Å²) in [4.78, 5) is 0. The molecule has 2 aliphatic carbocycles. The monoisotopic (exact) mass is 241 g/mol. The van der Waals surface area contributed by atoms with Gasteiger partial charge in [0.2, 0.25) is 0 Å². The Hall–Kier alpha value is 0.310. The van der Waals surface area contributed by atoms with E-state index in [1.165, 1.54) is 50.3 Å². The Bertz CT molecular complexity index is 195. The molecule has 2 unspecified atom stereocenters. The summed E-state index contributed by atoms with van der Waals surface area (Å²) < 4.78 is 0. The summed E-state index contributed by atoms with van der Waals surface area (Å²) in [6, 6.07) is 0. The Labute approximate surface area is 105 Å². The first-order chi connectivity index (χ1) is 7.79. The van der Waals surface area contributed by atoms with Crippen LogP contribution in [0.25, 0.3) is 0 Å². The number of thioether (sulfide) groups is 1. The molecule has 0 saturated heterocycles. The van der Waals surface area contributed by atoms with Crippen LogP contribution >= 0.6 is 11.8 Å². The van der Waals surface area contributed by atoms with Crippen molar-refractivity contribution in [3.05, 3.63) is 0 Å². The molecule has 2 atom stereocenters. The molecule has 0 radical (unpaired) electrons. The summed E-state index contributed by atoms with van der Waals surface area (Å²) in [5, 5.41) is 3.68. The van der Waals surface area contributed by atoms with Crippen molar-refractivity contribution in [2.24, 2.45) is 17.3 Å². The fourth-order valence-corrected chi connectivity index (χ4v) is 4.27. The maximum atomic E-state index is 3.68. The van der Waals surface area contributed by atoms with E-state index in [0.717, 1.165) is 11.8 Å². The summed E-state index contributed by atoms with van der Waals surface area (Å²) in [5.41, 5.74) is 0.685. The Kier molecular flexibility index (Phi) is 4.60. The highest BCUT2D eigenvalue weighted by atomic mass is 32.2. The van der Waals surface area contributed by atoms with E-state index in [0.29, 0.717) is 5.41 Å². The number of fused-ring (bicyclic) bond motifs is 1. The highest BCUT2D eigenvalue weighted by molar-refractivity contribution is 7.99. The van der Waals surface area contributed by atoms with Crippen LogP contribution in [0.15, 0.2) is 0 Å². The van der Waals surface area contributed by atoms with Gasteiger partial charge >= 0.3 is 0 Å². The zero-order valence-electron chi connectivity index (χ0n) is 10.9. The lowest BCUT2D eigenvalue weighted by molar-refractivity contribution is 0.243. The van der Waals surface area contributed by atoms with E-state index in [-0.39, 0.29) is 0 Å². The highest BCUT2D eigenvalue weighted by Crippen LogP contribution is 2.61. The van der Waals surface area contributed by atoms with Crippen LogP contribution in [0.1, 0.15) is 46.0 Å². The Balaban J connectivity index is 1.76. The van der Waals surface area contributed by atoms with Crippen LogP contribution in [0.2, 0.25) is 0 Å². The molecule has 1 N–H and O–H groups in total. The van der Waals surface area contributed by atoms with Gasteiger partial charge in [0.1, 0.15) is 0 Å².